The van der Waals surface area contributed by atoms with Crippen LogP contribution in [0.3, 0.4) is 0 Å². The zero-order valence-corrected chi connectivity index (χ0v) is 15.7. The largest absolute Gasteiger partial charge is 0.399 e. The van der Waals surface area contributed by atoms with Gasteiger partial charge in [-0.05, 0) is 62.4 Å². The molecule has 0 bridgehead atoms. The van der Waals surface area contributed by atoms with E-state index < -0.39 is 0 Å². The first-order valence-electron chi connectivity index (χ1n) is 9.15. The molecule has 2 heterocycles. The van der Waals surface area contributed by atoms with Gasteiger partial charge in [0.25, 0.3) is 0 Å². The van der Waals surface area contributed by atoms with Gasteiger partial charge in [-0.15, -0.1) is 0 Å². The number of nitrogen functional groups attached to an aromatic ring is 1. The number of carbonyl (C=O) groups excluding carboxylic acids is 1. The van der Waals surface area contributed by atoms with Crippen LogP contribution in [-0.2, 0) is 0 Å². The summed E-state index contributed by atoms with van der Waals surface area (Å²) in [4.78, 5) is 15.2. The number of hydrogen-bond donors (Lipinski definition) is 1. The minimum absolute atomic E-state index is 0.219. The van der Waals surface area contributed by atoms with Crippen LogP contribution in [0.25, 0.3) is 5.69 Å². The van der Waals surface area contributed by atoms with Gasteiger partial charge in [0.15, 0.2) is 5.78 Å². The number of Topliss-reactive ketones (excluding diaryl/α,β-unsaturated/α-hetero) is 1. The maximum atomic E-state index is 12.9. The molecule has 2 aromatic rings. The summed E-state index contributed by atoms with van der Waals surface area (Å²) >= 11 is 0. The number of anilines is 1. The molecule has 0 radical (unpaired) electrons. The van der Waals surface area contributed by atoms with Crippen LogP contribution in [0.4, 0.5) is 5.69 Å². The fourth-order valence-electron chi connectivity index (χ4n) is 4.28. The number of nitrogens with two attached hydrogens (primary N) is 1. The summed E-state index contributed by atoms with van der Waals surface area (Å²) in [5, 5.41) is 0. The van der Waals surface area contributed by atoms with Gasteiger partial charge in [-0.25, -0.2) is 0 Å². The lowest BCUT2D eigenvalue weighted by Gasteiger charge is -2.34. The van der Waals surface area contributed by atoms with Crippen molar-refractivity contribution < 1.29 is 4.79 Å². The molecule has 2 N–H and O–H groups in total. The molecule has 25 heavy (non-hydrogen) atoms. The van der Waals surface area contributed by atoms with Crippen LogP contribution in [0.2, 0.25) is 0 Å². The van der Waals surface area contributed by atoms with Crippen molar-refractivity contribution in [1.82, 2.24) is 9.47 Å². The first-order valence-corrected chi connectivity index (χ1v) is 9.15. The van der Waals surface area contributed by atoms with Gasteiger partial charge >= 0.3 is 0 Å². The third-order valence-corrected chi connectivity index (χ3v) is 5.19. The van der Waals surface area contributed by atoms with Crippen molar-refractivity contribution in [3.63, 3.8) is 0 Å². The predicted molar refractivity (Wildman–Crippen MR) is 103 cm³/mol. The van der Waals surface area contributed by atoms with Gasteiger partial charge in [-0.2, -0.15) is 0 Å². The molecule has 2 atom stereocenters. The molecule has 1 aromatic heterocycles. The molecule has 1 fully saturated rings. The van der Waals surface area contributed by atoms with E-state index in [1.165, 1.54) is 6.42 Å². The molecule has 1 aliphatic rings. The molecule has 0 amide bonds. The highest BCUT2D eigenvalue weighted by atomic mass is 16.1. The lowest BCUT2D eigenvalue weighted by molar-refractivity contribution is 0.0849. The topological polar surface area (TPSA) is 51.3 Å². The molecular formula is C21H29N3O. The molecule has 0 spiro atoms. The number of benzene rings is 1. The van der Waals surface area contributed by atoms with Crippen molar-refractivity contribution in [3.8, 4) is 5.69 Å². The van der Waals surface area contributed by atoms with E-state index in [4.69, 9.17) is 5.73 Å². The summed E-state index contributed by atoms with van der Waals surface area (Å²) in [5.74, 6) is 1.55. The van der Waals surface area contributed by atoms with Crippen LogP contribution in [0.15, 0.2) is 30.3 Å². The van der Waals surface area contributed by atoms with Crippen LogP contribution in [0.1, 0.15) is 42.0 Å². The monoisotopic (exact) mass is 339 g/mol. The van der Waals surface area contributed by atoms with Crippen molar-refractivity contribution in [2.45, 2.75) is 34.1 Å². The Kier molecular flexibility index (Phi) is 5.00. The van der Waals surface area contributed by atoms with E-state index in [2.05, 4.69) is 23.3 Å². The lowest BCUT2D eigenvalue weighted by atomic mass is 9.91. The van der Waals surface area contributed by atoms with Crippen molar-refractivity contribution in [3.05, 3.63) is 47.3 Å². The number of carbonyl (C=O) groups is 1. The number of aromatic nitrogens is 1. The number of ketones is 1. The van der Waals surface area contributed by atoms with E-state index in [-0.39, 0.29) is 5.78 Å². The Balaban J connectivity index is 1.82. The zero-order chi connectivity index (χ0) is 18.1. The Labute approximate surface area is 150 Å². The second-order valence-corrected chi connectivity index (χ2v) is 7.78. The summed E-state index contributed by atoms with van der Waals surface area (Å²) in [6.45, 7) is 11.2. The molecule has 4 nitrogen and oxygen atoms in total. The number of aryl methyl sites for hydroxylation is 1. The quantitative estimate of drug-likeness (QED) is 0.680. The molecule has 0 saturated carbocycles. The fraction of sp³-hybridized carbons (Fsp3) is 0.476. The maximum Gasteiger partial charge on any atom is 0.178 e. The lowest BCUT2D eigenvalue weighted by Crippen LogP contribution is -2.41. The van der Waals surface area contributed by atoms with Crippen LogP contribution < -0.4 is 5.73 Å². The second kappa shape index (κ2) is 7.04. The maximum absolute atomic E-state index is 12.9. The molecule has 3 rings (SSSR count). The minimum Gasteiger partial charge on any atom is -0.399 e. The summed E-state index contributed by atoms with van der Waals surface area (Å²) in [7, 11) is 0. The number of piperidine rings is 1. The van der Waals surface area contributed by atoms with Crippen molar-refractivity contribution in [2.75, 3.05) is 25.4 Å². The Morgan fingerprint density at radius 1 is 1.12 bits per heavy atom. The van der Waals surface area contributed by atoms with E-state index in [0.717, 1.165) is 41.4 Å². The van der Waals surface area contributed by atoms with Gasteiger partial charge in [0, 0.05) is 41.4 Å². The fourth-order valence-corrected chi connectivity index (χ4v) is 4.28. The average molecular weight is 339 g/mol. The Morgan fingerprint density at radius 3 is 2.32 bits per heavy atom. The molecule has 2 unspecified atom stereocenters. The number of rotatable bonds is 4. The molecule has 1 aliphatic heterocycles. The molecular weight excluding hydrogens is 310 g/mol. The van der Waals surface area contributed by atoms with Gasteiger partial charge < -0.3 is 10.3 Å². The molecule has 134 valence electrons. The Hall–Kier alpha value is -2.07. The smallest absolute Gasteiger partial charge is 0.178 e. The molecule has 0 aliphatic carbocycles. The average Bonchev–Trinajstić information content (AvgIpc) is 2.82. The normalized spacial score (nSPS) is 21.4. The highest BCUT2D eigenvalue weighted by molar-refractivity contribution is 5.99. The molecule has 1 saturated heterocycles. The van der Waals surface area contributed by atoms with E-state index in [1.54, 1.807) is 0 Å². The third-order valence-electron chi connectivity index (χ3n) is 5.19. The predicted octanol–water partition coefficient (Wildman–Crippen LogP) is 3.84. The van der Waals surface area contributed by atoms with Gasteiger partial charge in [0.05, 0.1) is 6.54 Å². The van der Waals surface area contributed by atoms with E-state index >= 15 is 0 Å². The summed E-state index contributed by atoms with van der Waals surface area (Å²) in [5.41, 5.74) is 10.5. The highest BCUT2D eigenvalue weighted by Crippen LogP contribution is 2.24. The van der Waals surface area contributed by atoms with Crippen molar-refractivity contribution in [2.24, 2.45) is 11.8 Å². The van der Waals surface area contributed by atoms with E-state index in [9.17, 15) is 4.79 Å². The van der Waals surface area contributed by atoms with Crippen LogP contribution in [-0.4, -0.2) is 34.9 Å². The van der Waals surface area contributed by atoms with Crippen molar-refractivity contribution in [1.29, 1.82) is 0 Å². The number of hydrogen-bond acceptors (Lipinski definition) is 3. The Morgan fingerprint density at radius 2 is 1.72 bits per heavy atom. The molecule has 4 heteroatoms. The minimum atomic E-state index is 0.219. The first-order chi connectivity index (χ1) is 11.8. The summed E-state index contributed by atoms with van der Waals surface area (Å²) in [6.07, 6.45) is 1.26. The van der Waals surface area contributed by atoms with Crippen LogP contribution in [0.5, 0.6) is 0 Å². The van der Waals surface area contributed by atoms with Gasteiger partial charge in [0.2, 0.25) is 0 Å². The number of nitrogens with zero attached hydrogens (tertiary/aromatic N) is 2. The summed E-state index contributed by atoms with van der Waals surface area (Å²) < 4.78 is 2.13. The standard InChI is InChI=1S/C21H29N3O/c1-14-9-15(2)12-23(11-14)13-21(25)20-10-16(3)24(17(20)4)19-7-5-18(22)6-8-19/h5-8,10,14-15H,9,11-13,22H2,1-4H3. The third kappa shape index (κ3) is 3.79. The van der Waals surface area contributed by atoms with Gasteiger partial charge in [-0.1, -0.05) is 13.8 Å². The van der Waals surface area contributed by atoms with Crippen LogP contribution in [0, 0.1) is 25.7 Å². The van der Waals surface area contributed by atoms with Gasteiger partial charge in [-0.3, -0.25) is 9.69 Å². The van der Waals surface area contributed by atoms with E-state index in [0.29, 0.717) is 18.4 Å². The summed E-state index contributed by atoms with van der Waals surface area (Å²) in [6, 6.07) is 9.80. The Bertz CT molecular complexity index is 750. The molecule has 1 aromatic carbocycles. The second-order valence-electron chi connectivity index (χ2n) is 7.78. The van der Waals surface area contributed by atoms with Gasteiger partial charge in [0.1, 0.15) is 0 Å². The van der Waals surface area contributed by atoms with Crippen molar-refractivity contribution >= 4 is 11.5 Å². The van der Waals surface area contributed by atoms with Crippen LogP contribution >= 0.6 is 0 Å². The zero-order valence-electron chi connectivity index (χ0n) is 15.7. The first kappa shape index (κ1) is 17.7. The SMILES string of the molecule is Cc1cc(C(=O)CN2CC(C)CC(C)C2)c(C)n1-c1ccc(N)cc1. The van der Waals surface area contributed by atoms with E-state index in [1.807, 2.05) is 44.2 Å². The number of likely N-dealkylation sites (tertiary alicyclic amines) is 1. The highest BCUT2D eigenvalue weighted by Gasteiger charge is 2.25.